The zero-order valence-corrected chi connectivity index (χ0v) is 7.54. The number of ether oxygens (including phenoxy) is 1. The summed E-state index contributed by atoms with van der Waals surface area (Å²) in [5, 5.41) is 1.08. The zero-order valence-electron chi connectivity index (χ0n) is 7.54. The maximum Gasteiger partial charge on any atom is 0.134 e. The van der Waals surface area contributed by atoms with E-state index in [1.54, 1.807) is 0 Å². The van der Waals surface area contributed by atoms with Crippen LogP contribution in [0.1, 0.15) is 12.7 Å². The second-order valence-corrected chi connectivity index (χ2v) is 2.81. The minimum atomic E-state index is 0.547. The van der Waals surface area contributed by atoms with Crippen LogP contribution in [0.15, 0.2) is 28.7 Å². The molecule has 0 aliphatic heterocycles. The lowest BCUT2D eigenvalue weighted by Crippen LogP contribution is -1.88. The van der Waals surface area contributed by atoms with Gasteiger partial charge in [0.2, 0.25) is 0 Å². The largest absolute Gasteiger partial charge is 0.459 e. The second kappa shape index (κ2) is 3.62. The first-order valence-electron chi connectivity index (χ1n) is 4.36. The molecule has 0 unspecified atom stereocenters. The summed E-state index contributed by atoms with van der Waals surface area (Å²) in [6.45, 7) is 3.23. The van der Waals surface area contributed by atoms with Gasteiger partial charge in [-0.3, -0.25) is 0 Å². The summed E-state index contributed by atoms with van der Waals surface area (Å²) in [5.74, 6) is 0.872. The lowest BCUT2D eigenvalue weighted by atomic mass is 10.2. The van der Waals surface area contributed by atoms with E-state index in [1.165, 1.54) is 0 Å². The van der Waals surface area contributed by atoms with Crippen molar-refractivity contribution in [1.29, 1.82) is 0 Å². The van der Waals surface area contributed by atoms with E-state index >= 15 is 0 Å². The molecule has 1 aromatic heterocycles. The van der Waals surface area contributed by atoms with E-state index in [1.807, 2.05) is 31.2 Å². The smallest absolute Gasteiger partial charge is 0.134 e. The van der Waals surface area contributed by atoms with Gasteiger partial charge in [-0.2, -0.15) is 0 Å². The summed E-state index contributed by atoms with van der Waals surface area (Å²) in [4.78, 5) is 0. The third kappa shape index (κ3) is 1.73. The predicted molar refractivity (Wildman–Crippen MR) is 50.4 cm³/mol. The normalized spacial score (nSPS) is 10.8. The maximum absolute atomic E-state index is 5.53. The Labute approximate surface area is 77.1 Å². The summed E-state index contributed by atoms with van der Waals surface area (Å²) >= 11 is 0. The third-order valence-electron chi connectivity index (χ3n) is 1.86. The van der Waals surface area contributed by atoms with E-state index in [4.69, 9.17) is 9.15 Å². The van der Waals surface area contributed by atoms with Gasteiger partial charge >= 0.3 is 0 Å². The molecule has 0 saturated carbocycles. The van der Waals surface area contributed by atoms with Crippen LogP contribution in [0.5, 0.6) is 0 Å². The molecule has 0 atom stereocenters. The minimum absolute atomic E-state index is 0.547. The number of rotatable bonds is 3. The number of fused-ring (bicyclic) bond motifs is 1. The van der Waals surface area contributed by atoms with Crippen LogP contribution in [-0.4, -0.2) is 6.61 Å². The highest BCUT2D eigenvalue weighted by Gasteiger charge is 2.01. The van der Waals surface area contributed by atoms with Gasteiger partial charge in [0.25, 0.3) is 0 Å². The summed E-state index contributed by atoms with van der Waals surface area (Å²) in [7, 11) is 0. The standard InChI is InChI=1S/C11H11O2/c1-2-12-8-10-7-9-5-3-4-6-11(9)13-10/h4-7H,2,8H2,1H3. The van der Waals surface area contributed by atoms with Crippen LogP contribution in [0.25, 0.3) is 11.0 Å². The van der Waals surface area contributed by atoms with Gasteiger partial charge in [0, 0.05) is 12.0 Å². The van der Waals surface area contributed by atoms with Crippen molar-refractivity contribution < 1.29 is 9.15 Å². The first-order chi connectivity index (χ1) is 6.40. The molecule has 0 bridgehead atoms. The molecule has 1 heterocycles. The first kappa shape index (κ1) is 8.32. The minimum Gasteiger partial charge on any atom is -0.459 e. The highest BCUT2D eigenvalue weighted by Crippen LogP contribution is 2.18. The van der Waals surface area contributed by atoms with Gasteiger partial charge in [0.05, 0.1) is 0 Å². The Bertz CT molecular complexity index is 357. The quantitative estimate of drug-likeness (QED) is 0.715. The number of hydrogen-bond acceptors (Lipinski definition) is 2. The van der Waals surface area contributed by atoms with Crippen LogP contribution in [0.3, 0.4) is 0 Å². The molecule has 0 saturated heterocycles. The van der Waals surface area contributed by atoms with Gasteiger partial charge in [0.15, 0.2) is 0 Å². The third-order valence-corrected chi connectivity index (χ3v) is 1.86. The summed E-state index contributed by atoms with van der Waals surface area (Å²) < 4.78 is 10.8. The monoisotopic (exact) mass is 175 g/mol. The summed E-state index contributed by atoms with van der Waals surface area (Å²) in [5.41, 5.74) is 0.897. The molecule has 0 amide bonds. The van der Waals surface area contributed by atoms with Crippen molar-refractivity contribution in [2.24, 2.45) is 0 Å². The Kier molecular flexibility index (Phi) is 2.32. The van der Waals surface area contributed by atoms with Gasteiger partial charge in [0.1, 0.15) is 18.0 Å². The Hall–Kier alpha value is -1.28. The molecular formula is C11H11O2. The molecule has 1 radical (unpaired) electrons. The Balaban J connectivity index is 2.28. The van der Waals surface area contributed by atoms with E-state index in [9.17, 15) is 0 Å². The van der Waals surface area contributed by atoms with Crippen LogP contribution in [0.4, 0.5) is 0 Å². The number of hydrogen-bond donors (Lipinski definition) is 0. The van der Waals surface area contributed by atoms with Crippen molar-refractivity contribution in [2.75, 3.05) is 6.61 Å². The van der Waals surface area contributed by atoms with Crippen LogP contribution in [-0.2, 0) is 11.3 Å². The van der Waals surface area contributed by atoms with Crippen LogP contribution in [0.2, 0.25) is 0 Å². The SMILES string of the molecule is CCOCc1cc2c[c]ccc2o1. The Morgan fingerprint density at radius 3 is 3.23 bits per heavy atom. The van der Waals surface area contributed by atoms with Crippen molar-refractivity contribution in [3.63, 3.8) is 0 Å². The van der Waals surface area contributed by atoms with Crippen LogP contribution in [0, 0.1) is 6.07 Å². The molecule has 2 rings (SSSR count). The lowest BCUT2D eigenvalue weighted by molar-refractivity contribution is 0.119. The molecule has 2 heteroatoms. The molecular weight excluding hydrogens is 164 g/mol. The molecule has 0 N–H and O–H groups in total. The molecule has 0 spiro atoms. The molecule has 0 fully saturated rings. The van der Waals surface area contributed by atoms with E-state index in [2.05, 4.69) is 6.07 Å². The predicted octanol–water partition coefficient (Wildman–Crippen LogP) is 2.77. The van der Waals surface area contributed by atoms with E-state index in [0.717, 1.165) is 16.7 Å². The molecule has 0 aliphatic carbocycles. The highest BCUT2D eigenvalue weighted by atomic mass is 16.5. The van der Waals surface area contributed by atoms with Crippen molar-refractivity contribution in [3.8, 4) is 0 Å². The van der Waals surface area contributed by atoms with Gasteiger partial charge < -0.3 is 9.15 Å². The molecule has 1 aromatic carbocycles. The Morgan fingerprint density at radius 2 is 2.46 bits per heavy atom. The van der Waals surface area contributed by atoms with E-state index in [-0.39, 0.29) is 0 Å². The van der Waals surface area contributed by atoms with Crippen LogP contribution >= 0.6 is 0 Å². The Morgan fingerprint density at radius 1 is 1.54 bits per heavy atom. The lowest BCUT2D eigenvalue weighted by Gasteiger charge is -1.94. The summed E-state index contributed by atoms with van der Waals surface area (Å²) in [6, 6.07) is 10.7. The number of furan rings is 1. The highest BCUT2D eigenvalue weighted by molar-refractivity contribution is 5.77. The number of benzene rings is 1. The van der Waals surface area contributed by atoms with Gasteiger partial charge in [-0.05, 0) is 31.2 Å². The van der Waals surface area contributed by atoms with Gasteiger partial charge in [-0.15, -0.1) is 0 Å². The van der Waals surface area contributed by atoms with Crippen molar-refractivity contribution in [2.45, 2.75) is 13.5 Å². The molecule has 2 aromatic rings. The zero-order chi connectivity index (χ0) is 9.10. The first-order valence-corrected chi connectivity index (χ1v) is 4.36. The second-order valence-electron chi connectivity index (χ2n) is 2.81. The topological polar surface area (TPSA) is 22.4 Å². The summed E-state index contributed by atoms with van der Waals surface area (Å²) in [6.07, 6.45) is 0. The van der Waals surface area contributed by atoms with Gasteiger partial charge in [-0.25, -0.2) is 0 Å². The molecule has 67 valence electrons. The van der Waals surface area contributed by atoms with Crippen molar-refractivity contribution in [1.82, 2.24) is 0 Å². The average Bonchev–Trinajstić information content (AvgIpc) is 2.57. The average molecular weight is 175 g/mol. The maximum atomic E-state index is 5.53. The van der Waals surface area contributed by atoms with E-state index < -0.39 is 0 Å². The van der Waals surface area contributed by atoms with Gasteiger partial charge in [-0.1, -0.05) is 6.07 Å². The fourth-order valence-electron chi connectivity index (χ4n) is 1.25. The van der Waals surface area contributed by atoms with E-state index in [0.29, 0.717) is 13.2 Å². The van der Waals surface area contributed by atoms with Crippen molar-refractivity contribution >= 4 is 11.0 Å². The fraction of sp³-hybridized carbons (Fsp3) is 0.273. The fourth-order valence-corrected chi connectivity index (χ4v) is 1.25. The van der Waals surface area contributed by atoms with Crippen LogP contribution < -0.4 is 0 Å². The van der Waals surface area contributed by atoms with Crippen molar-refractivity contribution in [3.05, 3.63) is 36.1 Å². The molecule has 13 heavy (non-hydrogen) atoms. The molecule has 2 nitrogen and oxygen atoms in total. The molecule has 0 aliphatic rings.